The van der Waals surface area contributed by atoms with Crippen LogP contribution < -0.4 is 0 Å². The lowest BCUT2D eigenvalue weighted by atomic mass is 10.0. The Bertz CT molecular complexity index is 333. The zero-order valence-corrected chi connectivity index (χ0v) is 13.0. The Morgan fingerprint density at radius 1 is 1.18 bits per heavy atom. The van der Waals surface area contributed by atoms with Crippen molar-refractivity contribution in [2.45, 2.75) is 27.6 Å². The van der Waals surface area contributed by atoms with E-state index in [-0.39, 0.29) is 0 Å². The van der Waals surface area contributed by atoms with Gasteiger partial charge in [-0.2, -0.15) is 0 Å². The smallest absolute Gasteiger partial charge is 0.0606 e. The van der Waals surface area contributed by atoms with Crippen LogP contribution in [0.3, 0.4) is 0 Å². The molecule has 92 valence electrons. The molecule has 0 atom stereocenters. The van der Waals surface area contributed by atoms with Crippen LogP contribution in [0.15, 0.2) is 59.8 Å². The van der Waals surface area contributed by atoms with Crippen molar-refractivity contribution in [2.75, 3.05) is 5.33 Å². The molecule has 0 aliphatic heterocycles. The summed E-state index contributed by atoms with van der Waals surface area (Å²) in [6, 6.07) is 0. The quantitative estimate of drug-likeness (QED) is 0.373. The van der Waals surface area contributed by atoms with Crippen LogP contribution in [0, 0.1) is 0 Å². The van der Waals surface area contributed by atoms with Crippen LogP contribution in [-0.2, 0) is 0 Å². The van der Waals surface area contributed by atoms with Gasteiger partial charge in [0.2, 0.25) is 0 Å². The number of hydrogen-bond donors (Lipinski definition) is 0. The lowest BCUT2D eigenvalue weighted by molar-refractivity contribution is 1.39. The highest BCUT2D eigenvalue weighted by Gasteiger charge is 1.95. The van der Waals surface area contributed by atoms with Gasteiger partial charge in [0.1, 0.15) is 0 Å². The average Bonchev–Trinajstić information content (AvgIpc) is 2.31. The Morgan fingerprint density at radius 3 is 2.00 bits per heavy atom. The van der Waals surface area contributed by atoms with Gasteiger partial charge in [-0.25, -0.2) is 0 Å². The molecule has 0 aromatic carbocycles. The van der Waals surface area contributed by atoms with Crippen molar-refractivity contribution in [3.05, 3.63) is 59.8 Å². The highest BCUT2D eigenvalue weighted by atomic mass is 79.9. The first-order valence-electron chi connectivity index (χ1n) is 5.51. The second kappa shape index (κ2) is 11.7. The van der Waals surface area contributed by atoms with Crippen LogP contribution in [0.4, 0.5) is 0 Å². The minimum absolute atomic E-state index is 0.862. The SMILES string of the molecule is C=C(C)\C=C/C(=C/C(=C\C)CBr)C(=C)C.[B]C. The van der Waals surface area contributed by atoms with Crippen molar-refractivity contribution in [1.29, 1.82) is 0 Å². The molecule has 0 saturated heterocycles. The summed E-state index contributed by atoms with van der Waals surface area (Å²) in [5.41, 5.74) is 4.50. The van der Waals surface area contributed by atoms with Crippen molar-refractivity contribution in [1.82, 2.24) is 0 Å². The summed E-state index contributed by atoms with van der Waals surface area (Å²) >= 11 is 3.45. The standard InChI is InChI=1S/C14H19Br.CH3B/c1-6-13(10-15)9-14(12(4)5)8-7-11(2)3;1-2/h6-9H,2,4,10H2,1,3,5H3;1H3/b8-7-,13-6+,14-9-;. The van der Waals surface area contributed by atoms with Gasteiger partial charge in [0, 0.05) is 5.33 Å². The fourth-order valence-electron chi connectivity index (χ4n) is 0.944. The maximum Gasteiger partial charge on any atom is 0.0606 e. The van der Waals surface area contributed by atoms with E-state index in [2.05, 4.69) is 55.2 Å². The van der Waals surface area contributed by atoms with E-state index in [9.17, 15) is 0 Å². The summed E-state index contributed by atoms with van der Waals surface area (Å²) < 4.78 is 0. The van der Waals surface area contributed by atoms with Crippen LogP contribution in [-0.4, -0.2) is 13.2 Å². The summed E-state index contributed by atoms with van der Waals surface area (Å²) in [4.78, 5) is 0. The number of allylic oxidation sites excluding steroid dienone is 8. The molecule has 0 fully saturated rings. The zero-order chi connectivity index (χ0) is 13.8. The van der Waals surface area contributed by atoms with Gasteiger partial charge in [0.15, 0.2) is 0 Å². The maximum absolute atomic E-state index is 4.50. The number of hydrogen-bond acceptors (Lipinski definition) is 0. The number of halogens is 1. The van der Waals surface area contributed by atoms with E-state index in [0.717, 1.165) is 22.0 Å². The van der Waals surface area contributed by atoms with Crippen LogP contribution >= 0.6 is 15.9 Å². The Hall–Kier alpha value is -0.755. The summed E-state index contributed by atoms with van der Waals surface area (Å²) in [5, 5.41) is 0.862. The minimum Gasteiger partial charge on any atom is -0.0999 e. The molecule has 0 rings (SSSR count). The molecule has 0 aliphatic rings. The number of alkyl halides is 1. The van der Waals surface area contributed by atoms with Gasteiger partial charge in [0.25, 0.3) is 0 Å². The van der Waals surface area contributed by atoms with Gasteiger partial charge in [-0.1, -0.05) is 71.4 Å². The molecule has 0 spiro atoms. The highest BCUT2D eigenvalue weighted by Crippen LogP contribution is 2.14. The molecule has 0 aliphatic carbocycles. The summed E-state index contributed by atoms with van der Waals surface area (Å²) in [7, 11) is 4.50. The minimum atomic E-state index is 0.862. The van der Waals surface area contributed by atoms with Gasteiger partial charge in [-0.05, 0) is 31.9 Å². The van der Waals surface area contributed by atoms with E-state index in [0.29, 0.717) is 0 Å². The number of rotatable bonds is 5. The molecule has 0 saturated carbocycles. The molecule has 0 amide bonds. The van der Waals surface area contributed by atoms with Crippen molar-refractivity contribution in [2.24, 2.45) is 0 Å². The molecule has 0 aromatic heterocycles. The van der Waals surface area contributed by atoms with Crippen LogP contribution in [0.25, 0.3) is 0 Å². The molecule has 2 radical (unpaired) electrons. The van der Waals surface area contributed by atoms with Crippen molar-refractivity contribution in [3.8, 4) is 0 Å². The Labute approximate surface area is 116 Å². The third-order valence-corrected chi connectivity index (χ3v) is 2.55. The van der Waals surface area contributed by atoms with Gasteiger partial charge in [0.05, 0.1) is 7.85 Å². The van der Waals surface area contributed by atoms with E-state index in [1.165, 1.54) is 12.4 Å². The summed E-state index contributed by atoms with van der Waals surface area (Å²) in [6.45, 7) is 15.3. The first kappa shape index (κ1) is 18.6. The van der Waals surface area contributed by atoms with Crippen LogP contribution in [0.1, 0.15) is 20.8 Å². The lowest BCUT2D eigenvalue weighted by Gasteiger charge is -2.02. The monoisotopic (exact) mass is 292 g/mol. The maximum atomic E-state index is 4.50. The van der Waals surface area contributed by atoms with Gasteiger partial charge in [-0.15, -0.1) is 0 Å². The zero-order valence-electron chi connectivity index (χ0n) is 11.4. The molecule has 0 nitrogen and oxygen atoms in total. The molecule has 0 aromatic rings. The molecule has 0 bridgehead atoms. The average molecular weight is 293 g/mol. The fourth-order valence-corrected chi connectivity index (χ4v) is 1.43. The normalized spacial score (nSPS) is 12.1. The molecule has 2 heteroatoms. The summed E-state index contributed by atoms with van der Waals surface area (Å²) in [6.07, 6.45) is 8.28. The Morgan fingerprint density at radius 2 is 1.71 bits per heavy atom. The topological polar surface area (TPSA) is 0 Å². The predicted molar refractivity (Wildman–Crippen MR) is 86.0 cm³/mol. The van der Waals surface area contributed by atoms with Crippen molar-refractivity contribution in [3.63, 3.8) is 0 Å². The predicted octanol–water partition coefficient (Wildman–Crippen LogP) is 5.17. The molecular weight excluding hydrogens is 271 g/mol. The van der Waals surface area contributed by atoms with E-state index in [1.54, 1.807) is 0 Å². The molecule has 0 unspecified atom stereocenters. The highest BCUT2D eigenvalue weighted by molar-refractivity contribution is 9.09. The molecule has 17 heavy (non-hydrogen) atoms. The lowest BCUT2D eigenvalue weighted by Crippen LogP contribution is -1.85. The Kier molecular flexibility index (Phi) is 12.8. The first-order valence-corrected chi connectivity index (χ1v) is 6.63. The Balaban J connectivity index is 0. The largest absolute Gasteiger partial charge is 0.0999 e. The third kappa shape index (κ3) is 10.1. The van der Waals surface area contributed by atoms with Gasteiger partial charge >= 0.3 is 0 Å². The van der Waals surface area contributed by atoms with Crippen LogP contribution in [0.5, 0.6) is 0 Å². The van der Waals surface area contributed by atoms with Crippen LogP contribution in [0.2, 0.25) is 6.82 Å². The molecular formula is C15H22BBr. The third-order valence-electron chi connectivity index (χ3n) is 1.91. The fraction of sp³-hybridized carbons (Fsp3) is 0.333. The molecule has 0 N–H and O–H groups in total. The second-order valence-electron chi connectivity index (χ2n) is 3.56. The van der Waals surface area contributed by atoms with Gasteiger partial charge < -0.3 is 0 Å². The van der Waals surface area contributed by atoms with Crippen molar-refractivity contribution < 1.29 is 0 Å². The van der Waals surface area contributed by atoms with E-state index < -0.39 is 0 Å². The van der Waals surface area contributed by atoms with Crippen molar-refractivity contribution >= 4 is 23.8 Å². The first-order chi connectivity index (χ1) is 8.01. The summed E-state index contributed by atoms with van der Waals surface area (Å²) in [5.74, 6) is 0. The van der Waals surface area contributed by atoms with E-state index >= 15 is 0 Å². The second-order valence-corrected chi connectivity index (χ2v) is 4.12. The van der Waals surface area contributed by atoms with E-state index in [4.69, 9.17) is 0 Å². The van der Waals surface area contributed by atoms with E-state index in [1.807, 2.05) is 26.8 Å². The molecule has 0 heterocycles. The van der Waals surface area contributed by atoms with Gasteiger partial charge in [-0.3, -0.25) is 0 Å².